The Kier molecular flexibility index (Phi) is 6.89. The van der Waals surface area contributed by atoms with Crippen molar-refractivity contribution in [1.82, 2.24) is 4.31 Å². The molecular formula is C20H22N2O6S. The summed E-state index contributed by atoms with van der Waals surface area (Å²) < 4.78 is 30.3. The number of nitrogens with one attached hydrogen (secondary N) is 1. The summed E-state index contributed by atoms with van der Waals surface area (Å²) in [4.78, 5) is 35.8. The Hall–Kier alpha value is -3.04. The van der Waals surface area contributed by atoms with Crippen LogP contribution < -0.4 is 5.32 Å². The molecule has 2 aromatic rings. The van der Waals surface area contributed by atoms with E-state index in [1.54, 1.807) is 24.3 Å². The summed E-state index contributed by atoms with van der Waals surface area (Å²) in [5.41, 5.74) is 1.09. The van der Waals surface area contributed by atoms with Gasteiger partial charge in [0.25, 0.3) is 5.91 Å². The maximum absolute atomic E-state index is 12.2. The minimum absolute atomic E-state index is 0.0406. The molecule has 154 valence electrons. The number of amides is 1. The second-order valence-electron chi connectivity index (χ2n) is 6.48. The molecule has 0 spiro atoms. The van der Waals surface area contributed by atoms with Crippen LogP contribution in [0.15, 0.2) is 53.4 Å². The number of anilines is 1. The van der Waals surface area contributed by atoms with E-state index < -0.39 is 28.0 Å². The molecule has 2 rings (SSSR count). The molecule has 2 aromatic carbocycles. The van der Waals surface area contributed by atoms with Crippen molar-refractivity contribution in [1.29, 1.82) is 0 Å². The fourth-order valence-corrected chi connectivity index (χ4v) is 3.19. The van der Waals surface area contributed by atoms with Gasteiger partial charge in [0.15, 0.2) is 11.9 Å². The van der Waals surface area contributed by atoms with E-state index in [9.17, 15) is 22.8 Å². The summed E-state index contributed by atoms with van der Waals surface area (Å²) >= 11 is 0. The molecule has 0 radical (unpaired) electrons. The van der Waals surface area contributed by atoms with Gasteiger partial charge < -0.3 is 10.1 Å². The molecule has 0 saturated carbocycles. The van der Waals surface area contributed by atoms with E-state index >= 15 is 0 Å². The van der Waals surface area contributed by atoms with Gasteiger partial charge in [-0.1, -0.05) is 0 Å². The van der Waals surface area contributed by atoms with E-state index in [-0.39, 0.29) is 16.2 Å². The summed E-state index contributed by atoms with van der Waals surface area (Å²) in [5.74, 6) is -1.39. The van der Waals surface area contributed by atoms with Crippen LogP contribution in [0.1, 0.15) is 34.6 Å². The van der Waals surface area contributed by atoms with Gasteiger partial charge in [0.2, 0.25) is 10.0 Å². The van der Waals surface area contributed by atoms with Gasteiger partial charge >= 0.3 is 5.97 Å². The monoisotopic (exact) mass is 418 g/mol. The molecule has 0 bridgehead atoms. The van der Waals surface area contributed by atoms with Crippen molar-refractivity contribution in [3.8, 4) is 0 Å². The lowest BCUT2D eigenvalue weighted by Crippen LogP contribution is -2.30. The molecule has 0 aromatic heterocycles. The minimum Gasteiger partial charge on any atom is -0.449 e. The molecule has 1 atom stereocenters. The van der Waals surface area contributed by atoms with Crippen molar-refractivity contribution in [3.63, 3.8) is 0 Å². The molecule has 0 heterocycles. The molecule has 9 heteroatoms. The topological polar surface area (TPSA) is 110 Å². The number of nitrogens with zero attached hydrogens (tertiary/aromatic N) is 1. The van der Waals surface area contributed by atoms with Crippen LogP contribution in [0.25, 0.3) is 0 Å². The molecule has 0 aliphatic heterocycles. The number of carbonyl (C=O) groups excluding carboxylic acids is 3. The van der Waals surface area contributed by atoms with E-state index in [1.807, 2.05) is 0 Å². The van der Waals surface area contributed by atoms with Crippen LogP contribution in [0.2, 0.25) is 0 Å². The second-order valence-corrected chi connectivity index (χ2v) is 8.63. The van der Waals surface area contributed by atoms with Gasteiger partial charge in [0.05, 0.1) is 10.5 Å². The molecule has 1 N–H and O–H groups in total. The molecule has 0 saturated heterocycles. The van der Waals surface area contributed by atoms with Gasteiger partial charge in [-0.3, -0.25) is 9.59 Å². The van der Waals surface area contributed by atoms with Crippen LogP contribution in [0.3, 0.4) is 0 Å². The Morgan fingerprint density at radius 2 is 1.45 bits per heavy atom. The van der Waals surface area contributed by atoms with E-state index in [0.29, 0.717) is 11.3 Å². The first-order valence-corrected chi connectivity index (χ1v) is 10.1. The quantitative estimate of drug-likeness (QED) is 0.546. The first-order valence-electron chi connectivity index (χ1n) is 8.68. The van der Waals surface area contributed by atoms with Gasteiger partial charge in [-0.2, -0.15) is 0 Å². The Morgan fingerprint density at radius 1 is 0.931 bits per heavy atom. The lowest BCUT2D eigenvalue weighted by atomic mass is 10.1. The number of hydrogen-bond donors (Lipinski definition) is 1. The highest BCUT2D eigenvalue weighted by molar-refractivity contribution is 7.89. The molecule has 0 unspecified atom stereocenters. The third kappa shape index (κ3) is 5.49. The van der Waals surface area contributed by atoms with E-state index in [0.717, 1.165) is 4.31 Å². The number of carbonyl (C=O) groups is 3. The molecule has 8 nitrogen and oxygen atoms in total. The Morgan fingerprint density at radius 3 is 1.93 bits per heavy atom. The summed E-state index contributed by atoms with van der Waals surface area (Å²) in [7, 11) is -0.787. The van der Waals surface area contributed by atoms with Crippen molar-refractivity contribution < 1.29 is 27.5 Å². The predicted molar refractivity (Wildman–Crippen MR) is 107 cm³/mol. The van der Waals surface area contributed by atoms with Crippen molar-refractivity contribution in [2.45, 2.75) is 24.8 Å². The first kappa shape index (κ1) is 22.3. The Bertz CT molecular complexity index is 1010. The van der Waals surface area contributed by atoms with Crippen molar-refractivity contribution in [2.24, 2.45) is 0 Å². The van der Waals surface area contributed by atoms with Gasteiger partial charge in [-0.15, -0.1) is 0 Å². The summed E-state index contributed by atoms with van der Waals surface area (Å²) in [6.45, 7) is 2.86. The SMILES string of the molecule is CC(=O)c1ccc(NC(=O)[C@H](C)OC(=O)c2ccc(S(=O)(=O)N(C)C)cc2)cc1. The van der Waals surface area contributed by atoms with Gasteiger partial charge in [0.1, 0.15) is 0 Å². The number of Topliss-reactive ketones (excluding diaryl/α,β-unsaturated/α-hetero) is 1. The first-order chi connectivity index (χ1) is 13.5. The molecule has 0 fully saturated rings. The van der Waals surface area contributed by atoms with Crippen LogP contribution in [0.5, 0.6) is 0 Å². The summed E-state index contributed by atoms with van der Waals surface area (Å²) in [6.07, 6.45) is -1.08. The maximum Gasteiger partial charge on any atom is 0.338 e. The Labute approximate surface area is 169 Å². The second kappa shape index (κ2) is 8.97. The number of hydrogen-bond acceptors (Lipinski definition) is 6. The maximum atomic E-state index is 12.2. The van der Waals surface area contributed by atoms with E-state index in [1.165, 1.54) is 52.2 Å². The average molecular weight is 418 g/mol. The zero-order chi connectivity index (χ0) is 21.8. The normalized spacial score (nSPS) is 12.3. The lowest BCUT2D eigenvalue weighted by Gasteiger charge is -2.14. The zero-order valence-corrected chi connectivity index (χ0v) is 17.3. The molecule has 1 amide bonds. The van der Waals surface area contributed by atoms with E-state index in [4.69, 9.17) is 4.74 Å². The predicted octanol–water partition coefficient (Wildman–Crippen LogP) is 2.32. The number of ketones is 1. The van der Waals surface area contributed by atoms with E-state index in [2.05, 4.69) is 5.32 Å². The fraction of sp³-hybridized carbons (Fsp3) is 0.250. The van der Waals surface area contributed by atoms with Gasteiger partial charge in [0, 0.05) is 25.3 Å². The molecule has 29 heavy (non-hydrogen) atoms. The molecular weight excluding hydrogens is 396 g/mol. The largest absolute Gasteiger partial charge is 0.449 e. The van der Waals surface area contributed by atoms with Crippen molar-refractivity contribution >= 4 is 33.4 Å². The summed E-state index contributed by atoms with van der Waals surface area (Å²) in [5, 5.41) is 2.59. The van der Waals surface area contributed by atoms with Gasteiger partial charge in [-0.05, 0) is 62.4 Å². The summed E-state index contributed by atoms with van der Waals surface area (Å²) in [6, 6.07) is 11.6. The highest BCUT2D eigenvalue weighted by Gasteiger charge is 2.21. The minimum atomic E-state index is -3.60. The number of rotatable bonds is 7. The molecule has 0 aliphatic rings. The number of sulfonamides is 1. The number of esters is 1. The standard InChI is InChI=1S/C20H22N2O6S/c1-13(23)15-5-9-17(10-6-15)21-19(24)14(2)28-20(25)16-7-11-18(12-8-16)29(26,27)22(3)4/h5-12,14H,1-4H3,(H,21,24)/t14-/m0/s1. The van der Waals surface area contributed by atoms with Gasteiger partial charge in [-0.25, -0.2) is 17.5 Å². The van der Waals surface area contributed by atoms with Crippen LogP contribution >= 0.6 is 0 Å². The lowest BCUT2D eigenvalue weighted by molar-refractivity contribution is -0.123. The van der Waals surface area contributed by atoms with Crippen molar-refractivity contribution in [3.05, 3.63) is 59.7 Å². The van der Waals surface area contributed by atoms with Crippen LogP contribution in [0.4, 0.5) is 5.69 Å². The number of ether oxygens (including phenoxy) is 1. The Balaban J connectivity index is 2.00. The van der Waals surface area contributed by atoms with Crippen LogP contribution in [0, 0.1) is 0 Å². The highest BCUT2D eigenvalue weighted by Crippen LogP contribution is 2.16. The van der Waals surface area contributed by atoms with Crippen molar-refractivity contribution in [2.75, 3.05) is 19.4 Å². The highest BCUT2D eigenvalue weighted by atomic mass is 32.2. The smallest absolute Gasteiger partial charge is 0.338 e. The third-order valence-corrected chi connectivity index (χ3v) is 5.91. The fourth-order valence-electron chi connectivity index (χ4n) is 2.29. The zero-order valence-electron chi connectivity index (χ0n) is 16.5. The third-order valence-electron chi connectivity index (χ3n) is 4.08. The molecule has 0 aliphatic carbocycles. The average Bonchev–Trinajstić information content (AvgIpc) is 2.68. The van der Waals surface area contributed by atoms with Crippen LogP contribution in [-0.2, 0) is 19.6 Å². The van der Waals surface area contributed by atoms with Crippen LogP contribution in [-0.4, -0.2) is 50.6 Å². The number of benzene rings is 2.